The van der Waals surface area contributed by atoms with Crippen LogP contribution in [-0.2, 0) is 16.1 Å². The lowest BCUT2D eigenvalue weighted by atomic mass is 10.1. The minimum absolute atomic E-state index is 0.0187. The maximum Gasteiger partial charge on any atom is 0.242 e. The number of amides is 1. The highest BCUT2D eigenvalue weighted by Crippen LogP contribution is 2.28. The molecule has 0 aliphatic carbocycles. The van der Waals surface area contributed by atoms with Crippen molar-refractivity contribution in [1.82, 2.24) is 14.5 Å². The standard InChI is InChI=1S/C20H26F3N5O2/c1-2-12-9-26(5-6-30-12)19(29)11-28-18-8-15(23)14(22)7-17(18)25-20(28)27-4-3-13(21)16(24)10-27/h7-8,12-13,16H,2-6,9-11,24H2,1H3/t12?,13-,16-/m1/s1. The van der Waals surface area contributed by atoms with Crippen LogP contribution in [0, 0.1) is 11.6 Å². The fourth-order valence-electron chi connectivity index (χ4n) is 4.07. The summed E-state index contributed by atoms with van der Waals surface area (Å²) in [5.41, 5.74) is 6.44. The molecular weight excluding hydrogens is 399 g/mol. The third kappa shape index (κ3) is 3.98. The molecule has 1 amide bonds. The zero-order valence-electron chi connectivity index (χ0n) is 16.9. The van der Waals surface area contributed by atoms with Crippen LogP contribution in [0.2, 0.25) is 0 Å². The Bertz CT molecular complexity index is 937. The molecule has 2 saturated heterocycles. The van der Waals surface area contributed by atoms with Gasteiger partial charge in [-0.25, -0.2) is 18.2 Å². The molecule has 3 atom stereocenters. The summed E-state index contributed by atoms with van der Waals surface area (Å²) in [6.45, 7) is 3.89. The maximum absolute atomic E-state index is 14.0. The Balaban J connectivity index is 1.67. The van der Waals surface area contributed by atoms with Gasteiger partial charge in [-0.3, -0.25) is 4.79 Å². The second-order valence-corrected chi connectivity index (χ2v) is 7.91. The molecule has 1 aromatic carbocycles. The summed E-state index contributed by atoms with van der Waals surface area (Å²) in [4.78, 5) is 21.0. The summed E-state index contributed by atoms with van der Waals surface area (Å²) in [7, 11) is 0. The van der Waals surface area contributed by atoms with Crippen molar-refractivity contribution in [3.8, 4) is 0 Å². The number of carbonyl (C=O) groups excluding carboxylic acids is 1. The highest BCUT2D eigenvalue weighted by molar-refractivity contribution is 5.83. The van der Waals surface area contributed by atoms with Crippen molar-refractivity contribution in [3.63, 3.8) is 0 Å². The number of imidazole rings is 1. The molecule has 1 aromatic heterocycles. The van der Waals surface area contributed by atoms with E-state index in [0.717, 1.165) is 18.6 Å². The van der Waals surface area contributed by atoms with Gasteiger partial charge in [0.15, 0.2) is 11.6 Å². The number of rotatable bonds is 4. The van der Waals surface area contributed by atoms with E-state index in [9.17, 15) is 18.0 Å². The van der Waals surface area contributed by atoms with Crippen molar-refractivity contribution in [1.29, 1.82) is 0 Å². The largest absolute Gasteiger partial charge is 0.375 e. The van der Waals surface area contributed by atoms with Gasteiger partial charge in [0.1, 0.15) is 12.7 Å². The fourth-order valence-corrected chi connectivity index (χ4v) is 4.07. The van der Waals surface area contributed by atoms with Gasteiger partial charge in [0.2, 0.25) is 11.9 Å². The number of fused-ring (bicyclic) bond motifs is 1. The van der Waals surface area contributed by atoms with E-state index in [-0.39, 0.29) is 37.0 Å². The molecule has 2 aromatic rings. The molecule has 0 saturated carbocycles. The fraction of sp³-hybridized carbons (Fsp3) is 0.600. The summed E-state index contributed by atoms with van der Waals surface area (Å²) in [6.07, 6.45) is -0.114. The first-order valence-corrected chi connectivity index (χ1v) is 10.3. The van der Waals surface area contributed by atoms with E-state index in [0.29, 0.717) is 37.7 Å². The molecule has 1 unspecified atom stereocenters. The molecule has 164 valence electrons. The molecule has 3 heterocycles. The van der Waals surface area contributed by atoms with Crippen LogP contribution in [0.4, 0.5) is 19.1 Å². The Kier molecular flexibility index (Phi) is 5.88. The van der Waals surface area contributed by atoms with Gasteiger partial charge < -0.3 is 24.8 Å². The highest BCUT2D eigenvalue weighted by Gasteiger charge is 2.31. The number of carbonyl (C=O) groups is 1. The van der Waals surface area contributed by atoms with Crippen LogP contribution in [-0.4, -0.2) is 71.5 Å². The number of alkyl halides is 1. The minimum Gasteiger partial charge on any atom is -0.375 e. The number of hydrogen-bond donors (Lipinski definition) is 1. The molecule has 7 nitrogen and oxygen atoms in total. The van der Waals surface area contributed by atoms with Crippen molar-refractivity contribution < 1.29 is 22.7 Å². The summed E-state index contributed by atoms with van der Waals surface area (Å²) in [5.74, 6) is -1.82. The van der Waals surface area contributed by atoms with Gasteiger partial charge in [0.05, 0.1) is 29.8 Å². The number of piperidine rings is 1. The summed E-state index contributed by atoms with van der Waals surface area (Å²) >= 11 is 0. The molecule has 2 N–H and O–H groups in total. The molecule has 2 aliphatic rings. The number of aromatic nitrogens is 2. The van der Waals surface area contributed by atoms with E-state index in [2.05, 4.69) is 4.98 Å². The van der Waals surface area contributed by atoms with Crippen molar-refractivity contribution in [2.45, 2.75) is 44.6 Å². The topological polar surface area (TPSA) is 76.6 Å². The Morgan fingerprint density at radius 3 is 2.77 bits per heavy atom. The van der Waals surface area contributed by atoms with Crippen LogP contribution in [0.15, 0.2) is 12.1 Å². The maximum atomic E-state index is 14.0. The first-order valence-electron chi connectivity index (χ1n) is 10.3. The van der Waals surface area contributed by atoms with E-state index in [1.807, 2.05) is 6.92 Å². The average molecular weight is 425 g/mol. The predicted molar refractivity (Wildman–Crippen MR) is 106 cm³/mol. The van der Waals surface area contributed by atoms with E-state index in [1.54, 1.807) is 14.4 Å². The van der Waals surface area contributed by atoms with Gasteiger partial charge in [-0.1, -0.05) is 6.92 Å². The van der Waals surface area contributed by atoms with Crippen LogP contribution >= 0.6 is 0 Å². The van der Waals surface area contributed by atoms with E-state index in [1.165, 1.54) is 0 Å². The van der Waals surface area contributed by atoms with E-state index < -0.39 is 23.8 Å². The molecule has 0 bridgehead atoms. The molecule has 4 rings (SSSR count). The molecule has 2 aliphatic heterocycles. The zero-order chi connectivity index (χ0) is 21.4. The molecule has 30 heavy (non-hydrogen) atoms. The van der Waals surface area contributed by atoms with Gasteiger partial charge >= 0.3 is 0 Å². The number of anilines is 1. The van der Waals surface area contributed by atoms with E-state index in [4.69, 9.17) is 10.5 Å². The Labute approximate surface area is 172 Å². The third-order valence-corrected chi connectivity index (χ3v) is 5.86. The average Bonchev–Trinajstić information content (AvgIpc) is 3.07. The van der Waals surface area contributed by atoms with Crippen molar-refractivity contribution in [2.75, 3.05) is 37.7 Å². The Hall–Kier alpha value is -2.33. The molecule has 10 heteroatoms. The smallest absolute Gasteiger partial charge is 0.242 e. The van der Waals surface area contributed by atoms with Crippen molar-refractivity contribution in [2.24, 2.45) is 5.73 Å². The summed E-state index contributed by atoms with van der Waals surface area (Å²) < 4.78 is 48.8. The zero-order valence-corrected chi connectivity index (χ0v) is 16.9. The lowest BCUT2D eigenvalue weighted by molar-refractivity contribution is -0.139. The number of ether oxygens (including phenoxy) is 1. The normalized spacial score (nSPS) is 25.2. The number of hydrogen-bond acceptors (Lipinski definition) is 5. The predicted octanol–water partition coefficient (Wildman–Crippen LogP) is 1.83. The quantitative estimate of drug-likeness (QED) is 0.809. The SMILES string of the molecule is CCC1CN(C(=O)Cn2c(N3CC[C@@H](F)[C@H](N)C3)nc3cc(F)c(F)cc32)CCO1. The minimum atomic E-state index is -1.12. The van der Waals surface area contributed by atoms with E-state index >= 15 is 0 Å². The second kappa shape index (κ2) is 8.43. The molecule has 2 fully saturated rings. The van der Waals surface area contributed by atoms with Crippen LogP contribution in [0.25, 0.3) is 11.0 Å². The Morgan fingerprint density at radius 2 is 2.03 bits per heavy atom. The van der Waals surface area contributed by atoms with Crippen LogP contribution in [0.1, 0.15) is 19.8 Å². The second-order valence-electron chi connectivity index (χ2n) is 7.91. The number of nitrogens with zero attached hydrogens (tertiary/aromatic N) is 4. The lowest BCUT2D eigenvalue weighted by Crippen LogP contribution is -2.51. The first kappa shape index (κ1) is 20.9. The Morgan fingerprint density at radius 1 is 1.27 bits per heavy atom. The van der Waals surface area contributed by atoms with Gasteiger partial charge in [-0.05, 0) is 12.8 Å². The lowest BCUT2D eigenvalue weighted by Gasteiger charge is -2.35. The third-order valence-electron chi connectivity index (χ3n) is 5.86. The van der Waals surface area contributed by atoms with Gasteiger partial charge in [0, 0.05) is 38.3 Å². The van der Waals surface area contributed by atoms with Crippen LogP contribution in [0.5, 0.6) is 0 Å². The van der Waals surface area contributed by atoms with Crippen LogP contribution in [0.3, 0.4) is 0 Å². The molecule has 0 spiro atoms. The van der Waals surface area contributed by atoms with Crippen molar-refractivity contribution in [3.05, 3.63) is 23.8 Å². The highest BCUT2D eigenvalue weighted by atomic mass is 19.2. The van der Waals surface area contributed by atoms with Crippen LogP contribution < -0.4 is 10.6 Å². The van der Waals surface area contributed by atoms with Gasteiger partial charge in [-0.2, -0.15) is 0 Å². The summed E-state index contributed by atoms with van der Waals surface area (Å²) in [5, 5.41) is 0. The number of benzene rings is 1. The van der Waals surface area contributed by atoms with Gasteiger partial charge in [-0.15, -0.1) is 0 Å². The van der Waals surface area contributed by atoms with Gasteiger partial charge in [0.25, 0.3) is 0 Å². The number of nitrogens with two attached hydrogens (primary N) is 1. The number of morpholine rings is 1. The summed E-state index contributed by atoms with van der Waals surface area (Å²) in [6, 6.07) is 1.37. The molecule has 0 radical (unpaired) electrons. The first-order chi connectivity index (χ1) is 14.4. The molecular formula is C20H26F3N5O2. The van der Waals surface area contributed by atoms with Crippen molar-refractivity contribution >= 4 is 22.9 Å². The monoisotopic (exact) mass is 425 g/mol. The number of halogens is 3.